The van der Waals surface area contributed by atoms with E-state index in [4.69, 9.17) is 11.6 Å². The fourth-order valence-corrected chi connectivity index (χ4v) is 3.53. The van der Waals surface area contributed by atoms with Crippen LogP contribution in [0.1, 0.15) is 27.6 Å². The Bertz CT molecular complexity index is 617. The maximum absolute atomic E-state index is 6.57. The molecule has 0 spiro atoms. The molecule has 2 aromatic rings. The van der Waals surface area contributed by atoms with Gasteiger partial charge in [-0.1, -0.05) is 35.5 Å². The molecule has 0 bridgehead atoms. The Balaban J connectivity index is 2.39. The summed E-state index contributed by atoms with van der Waals surface area (Å²) in [6, 6.07) is 10.6. The van der Waals surface area contributed by atoms with Crippen LogP contribution in [0.5, 0.6) is 0 Å². The maximum Gasteiger partial charge on any atom is 0.0846 e. The molecule has 0 saturated carbocycles. The summed E-state index contributed by atoms with van der Waals surface area (Å²) in [6.07, 6.45) is 0. The van der Waals surface area contributed by atoms with Crippen molar-refractivity contribution < 1.29 is 0 Å². The van der Waals surface area contributed by atoms with Crippen LogP contribution in [0.4, 0.5) is 0 Å². The molecule has 3 radical (unpaired) electrons. The number of aryl methyl sites for hydroxylation is 1. The van der Waals surface area contributed by atoms with Crippen LogP contribution in [0.15, 0.2) is 30.3 Å². The third-order valence-electron chi connectivity index (χ3n) is 3.66. The van der Waals surface area contributed by atoms with E-state index in [0.29, 0.717) is 0 Å². The van der Waals surface area contributed by atoms with Crippen molar-refractivity contribution in [3.05, 3.63) is 52.6 Å². The molecular formula is C15H12ClSi. The van der Waals surface area contributed by atoms with E-state index in [1.165, 1.54) is 33.4 Å². The van der Waals surface area contributed by atoms with Gasteiger partial charge >= 0.3 is 0 Å². The highest BCUT2D eigenvalue weighted by Gasteiger charge is 2.29. The van der Waals surface area contributed by atoms with E-state index in [2.05, 4.69) is 48.4 Å². The van der Waals surface area contributed by atoms with Gasteiger partial charge in [-0.3, -0.25) is 0 Å². The highest BCUT2D eigenvalue weighted by atomic mass is 35.5. The summed E-state index contributed by atoms with van der Waals surface area (Å²) in [5, 5.41) is 1.12. The minimum Gasteiger partial charge on any atom is -0.113 e. The molecule has 83 valence electrons. The lowest BCUT2D eigenvalue weighted by atomic mass is 9.99. The molecular weight excluding hydrogens is 244 g/mol. The normalized spacial score (nSPS) is 16.8. The predicted molar refractivity (Wildman–Crippen MR) is 74.4 cm³/mol. The van der Waals surface area contributed by atoms with Crippen molar-refractivity contribution in [3.8, 4) is 11.1 Å². The maximum atomic E-state index is 6.57. The molecule has 1 unspecified atom stereocenters. The van der Waals surface area contributed by atoms with Crippen LogP contribution in [-0.2, 0) is 0 Å². The zero-order chi connectivity index (χ0) is 12.2. The smallest absolute Gasteiger partial charge is 0.0846 e. The van der Waals surface area contributed by atoms with Gasteiger partial charge < -0.3 is 0 Å². The molecule has 1 aliphatic rings. The van der Waals surface area contributed by atoms with Crippen molar-refractivity contribution in [3.63, 3.8) is 0 Å². The Morgan fingerprint density at radius 2 is 1.82 bits per heavy atom. The molecule has 3 rings (SSSR count). The van der Waals surface area contributed by atoms with Crippen molar-refractivity contribution in [1.82, 2.24) is 0 Å². The van der Waals surface area contributed by atoms with Gasteiger partial charge in [-0.2, -0.15) is 0 Å². The van der Waals surface area contributed by atoms with Gasteiger partial charge in [0.15, 0.2) is 0 Å². The third-order valence-corrected chi connectivity index (χ3v) is 4.76. The lowest BCUT2D eigenvalue weighted by molar-refractivity contribution is 1.20. The molecule has 0 amide bonds. The fourth-order valence-electron chi connectivity index (χ4n) is 2.54. The molecule has 2 heteroatoms. The molecule has 17 heavy (non-hydrogen) atoms. The van der Waals surface area contributed by atoms with Crippen molar-refractivity contribution in [2.75, 3.05) is 0 Å². The average molecular weight is 256 g/mol. The van der Waals surface area contributed by atoms with E-state index in [9.17, 15) is 0 Å². The number of rotatable bonds is 0. The number of hydrogen-bond acceptors (Lipinski definition) is 0. The van der Waals surface area contributed by atoms with Crippen molar-refractivity contribution >= 4 is 27.0 Å². The van der Waals surface area contributed by atoms with E-state index in [-0.39, 0.29) is 5.38 Å². The summed E-state index contributed by atoms with van der Waals surface area (Å²) in [5.41, 5.74) is 7.55. The van der Waals surface area contributed by atoms with E-state index in [0.717, 1.165) is 5.19 Å². The van der Waals surface area contributed by atoms with Crippen LogP contribution in [0.3, 0.4) is 0 Å². The van der Waals surface area contributed by atoms with Gasteiger partial charge in [-0.05, 0) is 47.2 Å². The molecule has 1 aliphatic carbocycles. The SMILES string of the molecule is Cc1cc2c(c([Si])c1C)C(Cl)c1ccccc1-2. The fraction of sp³-hybridized carbons (Fsp3) is 0.200. The van der Waals surface area contributed by atoms with Crippen LogP contribution in [-0.4, -0.2) is 10.2 Å². The van der Waals surface area contributed by atoms with Gasteiger partial charge in [0.2, 0.25) is 0 Å². The predicted octanol–water partition coefficient (Wildman–Crippen LogP) is 3.41. The highest BCUT2D eigenvalue weighted by Crippen LogP contribution is 2.46. The summed E-state index contributed by atoms with van der Waals surface area (Å²) in [4.78, 5) is 0. The summed E-state index contributed by atoms with van der Waals surface area (Å²) < 4.78 is 0. The van der Waals surface area contributed by atoms with Gasteiger partial charge in [0, 0.05) is 0 Å². The second-order valence-electron chi connectivity index (χ2n) is 4.60. The summed E-state index contributed by atoms with van der Waals surface area (Å²) in [5.74, 6) is 0. The Hall–Kier alpha value is -1.05. The number of alkyl halides is 1. The van der Waals surface area contributed by atoms with Gasteiger partial charge in [-0.25, -0.2) is 0 Å². The lowest BCUT2D eigenvalue weighted by Crippen LogP contribution is -2.16. The van der Waals surface area contributed by atoms with Crippen molar-refractivity contribution in [2.45, 2.75) is 19.2 Å². The molecule has 0 fully saturated rings. The molecule has 1 atom stereocenters. The van der Waals surface area contributed by atoms with Crippen LogP contribution in [0.2, 0.25) is 0 Å². The van der Waals surface area contributed by atoms with Gasteiger partial charge in [0.1, 0.15) is 0 Å². The van der Waals surface area contributed by atoms with E-state index >= 15 is 0 Å². The quantitative estimate of drug-likeness (QED) is 0.500. The molecule has 2 aromatic carbocycles. The first-order valence-corrected chi connectivity index (χ1v) is 6.64. The number of fused-ring (bicyclic) bond motifs is 3. The molecule has 0 N–H and O–H groups in total. The van der Waals surface area contributed by atoms with Crippen LogP contribution < -0.4 is 5.19 Å². The second-order valence-corrected chi connectivity index (χ2v) is 5.54. The van der Waals surface area contributed by atoms with E-state index < -0.39 is 0 Å². The van der Waals surface area contributed by atoms with Crippen molar-refractivity contribution in [1.29, 1.82) is 0 Å². The van der Waals surface area contributed by atoms with E-state index in [1.807, 2.05) is 6.07 Å². The molecule has 0 nitrogen and oxygen atoms in total. The first kappa shape index (κ1) is 11.1. The van der Waals surface area contributed by atoms with Crippen LogP contribution in [0, 0.1) is 13.8 Å². The van der Waals surface area contributed by atoms with Gasteiger partial charge in [-0.15, -0.1) is 11.6 Å². The Morgan fingerprint density at radius 3 is 2.59 bits per heavy atom. The zero-order valence-electron chi connectivity index (χ0n) is 9.84. The highest BCUT2D eigenvalue weighted by molar-refractivity contribution is 6.37. The molecule has 0 heterocycles. The zero-order valence-corrected chi connectivity index (χ0v) is 11.6. The minimum atomic E-state index is -0.0343. The standard InChI is InChI=1S/C15H12ClSi/c1-8-7-12-10-5-3-4-6-11(10)14(16)13(12)15(17)9(8)2/h3-7,14H,1-2H3. The van der Waals surface area contributed by atoms with Gasteiger partial charge in [0.05, 0.1) is 15.6 Å². The topological polar surface area (TPSA) is 0 Å². The summed E-state index contributed by atoms with van der Waals surface area (Å²) in [7, 11) is 3.75. The first-order chi connectivity index (χ1) is 8.11. The number of hydrogen-bond donors (Lipinski definition) is 0. The van der Waals surface area contributed by atoms with Gasteiger partial charge in [0.25, 0.3) is 0 Å². The third kappa shape index (κ3) is 1.42. The molecule has 0 aliphatic heterocycles. The first-order valence-electron chi connectivity index (χ1n) is 5.70. The second kappa shape index (κ2) is 3.72. The number of benzene rings is 2. The minimum absolute atomic E-state index is 0.0343. The summed E-state index contributed by atoms with van der Waals surface area (Å²) >= 11 is 6.57. The lowest BCUT2D eigenvalue weighted by Gasteiger charge is -2.13. The average Bonchev–Trinajstić information content (AvgIpc) is 2.61. The van der Waals surface area contributed by atoms with Crippen molar-refractivity contribution in [2.24, 2.45) is 0 Å². The molecule has 0 aromatic heterocycles. The molecule has 0 saturated heterocycles. The Labute approximate surface area is 110 Å². The largest absolute Gasteiger partial charge is 0.113 e. The summed E-state index contributed by atoms with van der Waals surface area (Å²) in [6.45, 7) is 4.27. The monoisotopic (exact) mass is 255 g/mol. The Morgan fingerprint density at radius 1 is 1.12 bits per heavy atom. The van der Waals surface area contributed by atoms with Crippen LogP contribution >= 0.6 is 11.6 Å². The van der Waals surface area contributed by atoms with Crippen LogP contribution in [0.25, 0.3) is 11.1 Å². The Kier molecular flexibility index (Phi) is 2.42. The number of halogens is 1. The van der Waals surface area contributed by atoms with E-state index in [1.54, 1.807) is 0 Å².